The van der Waals surface area contributed by atoms with Crippen molar-refractivity contribution in [3.05, 3.63) is 54.1 Å². The molecule has 2 aromatic carbocycles. The molecular weight excluding hydrogens is 336 g/mol. The Bertz CT molecular complexity index is 918. The van der Waals surface area contributed by atoms with E-state index < -0.39 is 5.97 Å². The highest BCUT2D eigenvalue weighted by Gasteiger charge is 2.10. The number of hydrogen-bond donors (Lipinski definition) is 2. The zero-order valence-electron chi connectivity index (χ0n) is 13.9. The summed E-state index contributed by atoms with van der Waals surface area (Å²) in [5, 5.41) is 14.7. The monoisotopic (exact) mass is 352 g/mol. The number of nitrogens with zero attached hydrogens (tertiary/aromatic N) is 4. The second-order valence-corrected chi connectivity index (χ2v) is 5.38. The molecule has 0 saturated heterocycles. The summed E-state index contributed by atoms with van der Waals surface area (Å²) >= 11 is 0. The van der Waals surface area contributed by atoms with Crippen molar-refractivity contribution in [2.24, 2.45) is 0 Å². The lowest BCUT2D eigenvalue weighted by atomic mass is 10.2. The summed E-state index contributed by atoms with van der Waals surface area (Å²) in [6.07, 6.45) is 0. The minimum absolute atomic E-state index is 0.0965. The van der Waals surface area contributed by atoms with Crippen LogP contribution in [0, 0.1) is 0 Å². The lowest BCUT2D eigenvalue weighted by Crippen LogP contribution is -2.20. The molecule has 0 fully saturated rings. The van der Waals surface area contributed by atoms with Crippen molar-refractivity contribution in [3.8, 4) is 11.4 Å². The Morgan fingerprint density at radius 2 is 1.81 bits per heavy atom. The molecule has 0 unspecified atom stereocenters. The predicted octanol–water partition coefficient (Wildman–Crippen LogP) is 1.35. The average Bonchev–Trinajstić information content (AvgIpc) is 3.10. The van der Waals surface area contributed by atoms with Gasteiger partial charge in [0.25, 0.3) is 0 Å². The van der Waals surface area contributed by atoms with Gasteiger partial charge >= 0.3 is 5.97 Å². The summed E-state index contributed by atoms with van der Waals surface area (Å²) in [6, 6.07) is 13.4. The van der Waals surface area contributed by atoms with E-state index in [1.807, 2.05) is 0 Å². The molecule has 0 spiro atoms. The van der Waals surface area contributed by atoms with Crippen LogP contribution in [-0.2, 0) is 16.1 Å². The number of nitrogens with two attached hydrogens (primary N) is 1. The van der Waals surface area contributed by atoms with Gasteiger partial charge in [-0.1, -0.05) is 0 Å². The molecule has 0 aliphatic heterocycles. The van der Waals surface area contributed by atoms with Crippen LogP contribution in [0.2, 0.25) is 0 Å². The normalized spacial score (nSPS) is 10.3. The second-order valence-electron chi connectivity index (χ2n) is 5.38. The van der Waals surface area contributed by atoms with Gasteiger partial charge in [0.05, 0.1) is 12.7 Å². The molecule has 9 heteroatoms. The molecule has 0 saturated carbocycles. The molecule has 0 aliphatic rings. The molecule has 0 radical (unpaired) electrons. The SMILES string of the molecule is COC(=O)c1ccc(NC(=O)Cn2nnc(-c3ccc(N)cc3)n2)cc1. The number of anilines is 2. The van der Waals surface area contributed by atoms with Crippen molar-refractivity contribution in [3.63, 3.8) is 0 Å². The molecule has 1 aromatic heterocycles. The fourth-order valence-corrected chi connectivity index (χ4v) is 2.19. The van der Waals surface area contributed by atoms with Crippen molar-refractivity contribution >= 4 is 23.3 Å². The Balaban J connectivity index is 1.61. The molecule has 0 bridgehead atoms. The van der Waals surface area contributed by atoms with Gasteiger partial charge in [-0.3, -0.25) is 4.79 Å². The van der Waals surface area contributed by atoms with Gasteiger partial charge in [0.15, 0.2) is 0 Å². The lowest BCUT2D eigenvalue weighted by molar-refractivity contribution is -0.117. The molecule has 132 valence electrons. The van der Waals surface area contributed by atoms with Gasteiger partial charge < -0.3 is 15.8 Å². The van der Waals surface area contributed by atoms with E-state index in [0.717, 1.165) is 5.56 Å². The summed E-state index contributed by atoms with van der Waals surface area (Å²) < 4.78 is 4.62. The minimum atomic E-state index is -0.440. The van der Waals surface area contributed by atoms with Crippen LogP contribution < -0.4 is 11.1 Å². The highest BCUT2D eigenvalue weighted by atomic mass is 16.5. The molecule has 9 nitrogen and oxygen atoms in total. The van der Waals surface area contributed by atoms with E-state index in [2.05, 4.69) is 25.5 Å². The number of tetrazole rings is 1. The maximum absolute atomic E-state index is 12.1. The van der Waals surface area contributed by atoms with Crippen molar-refractivity contribution < 1.29 is 14.3 Å². The smallest absolute Gasteiger partial charge is 0.337 e. The molecule has 3 rings (SSSR count). The van der Waals surface area contributed by atoms with Gasteiger partial charge in [-0.15, -0.1) is 10.2 Å². The molecule has 1 amide bonds. The number of hydrogen-bond acceptors (Lipinski definition) is 7. The number of amides is 1. The zero-order valence-corrected chi connectivity index (χ0v) is 13.9. The van der Waals surface area contributed by atoms with Crippen LogP contribution in [-0.4, -0.2) is 39.2 Å². The fraction of sp³-hybridized carbons (Fsp3) is 0.118. The quantitative estimate of drug-likeness (QED) is 0.524. The summed E-state index contributed by atoms with van der Waals surface area (Å²) in [6.45, 7) is -0.0965. The van der Waals surface area contributed by atoms with Crippen molar-refractivity contribution in [1.82, 2.24) is 20.2 Å². The zero-order chi connectivity index (χ0) is 18.5. The van der Waals surface area contributed by atoms with E-state index in [0.29, 0.717) is 22.8 Å². The van der Waals surface area contributed by atoms with Gasteiger partial charge in [-0.2, -0.15) is 4.80 Å². The van der Waals surface area contributed by atoms with Crippen LogP contribution in [0.4, 0.5) is 11.4 Å². The highest BCUT2D eigenvalue weighted by Crippen LogP contribution is 2.15. The largest absolute Gasteiger partial charge is 0.465 e. The van der Waals surface area contributed by atoms with Crippen molar-refractivity contribution in [2.45, 2.75) is 6.54 Å². The van der Waals surface area contributed by atoms with E-state index in [-0.39, 0.29) is 12.5 Å². The van der Waals surface area contributed by atoms with Gasteiger partial charge in [0, 0.05) is 16.9 Å². The number of rotatable bonds is 5. The molecule has 3 aromatic rings. The number of nitrogens with one attached hydrogen (secondary N) is 1. The summed E-state index contributed by atoms with van der Waals surface area (Å²) in [4.78, 5) is 24.7. The standard InChI is InChI=1S/C17H16N6O3/c1-26-17(25)12-4-8-14(9-5-12)19-15(24)10-23-21-16(20-22-23)11-2-6-13(18)7-3-11/h2-9H,10,18H2,1H3,(H,19,24). The average molecular weight is 352 g/mol. The third-order valence-electron chi connectivity index (χ3n) is 3.50. The Morgan fingerprint density at radius 3 is 2.46 bits per heavy atom. The molecule has 0 atom stereocenters. The molecular formula is C17H16N6O3. The Labute approximate surface area is 148 Å². The number of carbonyl (C=O) groups is 2. The Morgan fingerprint density at radius 1 is 1.12 bits per heavy atom. The van der Waals surface area contributed by atoms with E-state index in [1.54, 1.807) is 48.5 Å². The third-order valence-corrected chi connectivity index (χ3v) is 3.50. The third kappa shape index (κ3) is 4.01. The van der Waals surface area contributed by atoms with Crippen molar-refractivity contribution in [2.75, 3.05) is 18.2 Å². The van der Waals surface area contributed by atoms with Crippen LogP contribution in [0.3, 0.4) is 0 Å². The number of esters is 1. The fourth-order valence-electron chi connectivity index (χ4n) is 2.19. The van der Waals surface area contributed by atoms with Crippen LogP contribution in [0.15, 0.2) is 48.5 Å². The molecule has 3 N–H and O–H groups in total. The first-order chi connectivity index (χ1) is 12.5. The first kappa shape index (κ1) is 17.1. The van der Waals surface area contributed by atoms with Crippen LogP contribution in [0.5, 0.6) is 0 Å². The van der Waals surface area contributed by atoms with Crippen LogP contribution >= 0.6 is 0 Å². The molecule has 26 heavy (non-hydrogen) atoms. The van der Waals surface area contributed by atoms with Gasteiger partial charge in [-0.05, 0) is 53.7 Å². The number of benzene rings is 2. The van der Waals surface area contributed by atoms with Crippen LogP contribution in [0.1, 0.15) is 10.4 Å². The first-order valence-corrected chi connectivity index (χ1v) is 7.67. The van der Waals surface area contributed by atoms with Gasteiger partial charge in [0.1, 0.15) is 6.54 Å². The summed E-state index contributed by atoms with van der Waals surface area (Å²) in [5.74, 6) is -0.359. The lowest BCUT2D eigenvalue weighted by Gasteiger charge is -2.05. The van der Waals surface area contributed by atoms with E-state index in [9.17, 15) is 9.59 Å². The van der Waals surface area contributed by atoms with Crippen LogP contribution in [0.25, 0.3) is 11.4 Å². The van der Waals surface area contributed by atoms with Gasteiger partial charge in [0.2, 0.25) is 11.7 Å². The number of ether oxygens (including phenoxy) is 1. The minimum Gasteiger partial charge on any atom is -0.465 e. The Hall–Kier alpha value is -3.75. The molecule has 1 heterocycles. The summed E-state index contributed by atoms with van der Waals surface area (Å²) in [7, 11) is 1.31. The predicted molar refractivity (Wildman–Crippen MR) is 94.1 cm³/mol. The van der Waals surface area contributed by atoms with Gasteiger partial charge in [-0.25, -0.2) is 4.79 Å². The number of carbonyl (C=O) groups excluding carboxylic acids is 2. The first-order valence-electron chi connectivity index (χ1n) is 7.67. The van der Waals surface area contributed by atoms with E-state index >= 15 is 0 Å². The Kier molecular flexibility index (Phi) is 4.88. The van der Waals surface area contributed by atoms with E-state index in [1.165, 1.54) is 11.9 Å². The second kappa shape index (κ2) is 7.43. The summed E-state index contributed by atoms with van der Waals surface area (Å²) in [5.41, 5.74) is 7.98. The van der Waals surface area contributed by atoms with E-state index in [4.69, 9.17) is 5.73 Å². The molecule has 0 aliphatic carbocycles. The number of nitrogen functional groups attached to an aromatic ring is 1. The maximum atomic E-state index is 12.1. The number of aromatic nitrogens is 4. The van der Waals surface area contributed by atoms with Crippen molar-refractivity contribution in [1.29, 1.82) is 0 Å². The maximum Gasteiger partial charge on any atom is 0.337 e. The number of methoxy groups -OCH3 is 1. The highest BCUT2D eigenvalue weighted by molar-refractivity contribution is 5.92. The topological polar surface area (TPSA) is 125 Å².